The first-order valence-electron chi connectivity index (χ1n) is 7.72. The van der Waals surface area contributed by atoms with E-state index in [1.807, 2.05) is 0 Å². The highest BCUT2D eigenvalue weighted by atomic mass is 32.2. The van der Waals surface area contributed by atoms with Crippen LogP contribution in [-0.4, -0.2) is 33.0 Å². The van der Waals surface area contributed by atoms with Gasteiger partial charge in [-0.05, 0) is 31.1 Å². The second kappa shape index (κ2) is 8.80. The summed E-state index contributed by atoms with van der Waals surface area (Å²) >= 11 is 0. The van der Waals surface area contributed by atoms with Crippen LogP contribution in [0.1, 0.15) is 20.8 Å². The first-order chi connectivity index (χ1) is 11.8. The summed E-state index contributed by atoms with van der Waals surface area (Å²) in [5.41, 5.74) is -5.39. The largest absolute Gasteiger partial charge is 0.522 e. The Hall–Kier alpha value is -1.68. The van der Waals surface area contributed by atoms with Crippen LogP contribution in [0.15, 0.2) is 60.7 Å². The number of halogens is 3. The molecule has 0 fully saturated rings. The third-order valence-electron chi connectivity index (χ3n) is 3.14. The highest BCUT2D eigenvalue weighted by molar-refractivity contribution is 7.86. The Bertz CT molecular complexity index is 737. The van der Waals surface area contributed by atoms with Crippen molar-refractivity contribution in [3.05, 3.63) is 60.7 Å². The van der Waals surface area contributed by atoms with E-state index in [0.717, 1.165) is 0 Å². The third kappa shape index (κ3) is 7.69. The fraction of sp³-hybridized carbons (Fsp3) is 0.294. The van der Waals surface area contributed by atoms with Crippen LogP contribution >= 0.6 is 0 Å². The van der Waals surface area contributed by atoms with Crippen LogP contribution in [0.2, 0.25) is 0 Å². The van der Waals surface area contributed by atoms with Gasteiger partial charge >= 0.3 is 15.6 Å². The van der Waals surface area contributed by atoms with Crippen molar-refractivity contribution in [3.8, 4) is 0 Å². The lowest BCUT2D eigenvalue weighted by atomic mass is 10.1. The lowest BCUT2D eigenvalue weighted by Crippen LogP contribution is -2.60. The second-order valence-corrected chi connectivity index (χ2v) is 10.5. The molecule has 0 aromatic heterocycles. The lowest BCUT2D eigenvalue weighted by molar-refractivity contribution is -0.0510. The van der Waals surface area contributed by atoms with Crippen LogP contribution in [0.5, 0.6) is 0 Å². The quantitative estimate of drug-likeness (QED) is 0.467. The van der Waals surface area contributed by atoms with Gasteiger partial charge in [0, 0.05) is 5.54 Å². The second-order valence-electron chi connectivity index (χ2n) is 6.57. The molecule has 0 aliphatic carbocycles. The zero-order valence-electron chi connectivity index (χ0n) is 14.7. The fourth-order valence-corrected chi connectivity index (χ4v) is 4.88. The van der Waals surface area contributed by atoms with Gasteiger partial charge in [-0.15, -0.1) is 0 Å². The van der Waals surface area contributed by atoms with Crippen molar-refractivity contribution < 1.29 is 26.1 Å². The number of nitrogens with one attached hydrogen (secondary N) is 1. The van der Waals surface area contributed by atoms with Crippen LogP contribution in [0.25, 0.3) is 0 Å². The van der Waals surface area contributed by atoms with Gasteiger partial charge in [0.25, 0.3) is 0 Å². The van der Waals surface area contributed by atoms with E-state index in [2.05, 4.69) is 86.4 Å². The summed E-state index contributed by atoms with van der Waals surface area (Å²) in [6.45, 7) is 6.70. The molecule has 0 heterocycles. The zero-order chi connectivity index (χ0) is 20.0. The molecule has 0 radical (unpaired) electrons. The summed E-state index contributed by atoms with van der Waals surface area (Å²) in [6.07, 6.45) is 0. The van der Waals surface area contributed by atoms with Crippen molar-refractivity contribution in [2.24, 2.45) is 0 Å². The average Bonchev–Trinajstić information content (AvgIpc) is 2.52. The first kappa shape index (κ1) is 22.4. The van der Waals surface area contributed by atoms with Gasteiger partial charge in [-0.1, -0.05) is 60.7 Å². The van der Waals surface area contributed by atoms with E-state index in [9.17, 15) is 13.2 Å². The van der Waals surface area contributed by atoms with Gasteiger partial charge < -0.3 is 4.98 Å². The van der Waals surface area contributed by atoms with E-state index >= 15 is 0 Å². The molecule has 0 saturated carbocycles. The molecule has 0 aliphatic rings. The van der Waals surface area contributed by atoms with E-state index < -0.39 is 24.6 Å². The van der Waals surface area contributed by atoms with Crippen molar-refractivity contribution in [1.82, 2.24) is 4.98 Å². The van der Waals surface area contributed by atoms with Crippen LogP contribution < -0.4 is 15.4 Å². The summed E-state index contributed by atoms with van der Waals surface area (Å²) in [5.74, 6) is 0. The Morgan fingerprint density at radius 2 is 1.15 bits per heavy atom. The third-order valence-corrected chi connectivity index (χ3v) is 6.98. The predicted molar refractivity (Wildman–Crippen MR) is 99.8 cm³/mol. The minimum absolute atomic E-state index is 0.141. The number of rotatable bonds is 3. The molecule has 4 nitrogen and oxygen atoms in total. The van der Waals surface area contributed by atoms with Crippen molar-refractivity contribution in [2.45, 2.75) is 31.8 Å². The van der Waals surface area contributed by atoms with Gasteiger partial charge in [0.2, 0.25) is 0 Å². The Morgan fingerprint density at radius 1 is 0.846 bits per heavy atom. The van der Waals surface area contributed by atoms with Crippen molar-refractivity contribution in [2.75, 3.05) is 0 Å². The molecule has 2 aromatic rings. The van der Waals surface area contributed by atoms with Crippen LogP contribution in [0.4, 0.5) is 13.2 Å². The standard InChI is InChI=1S/C16H21NSi.CHF3O3S/c1-16(2,3)17-18(14-10-6-4-7-11-14)15-12-8-5-9-13-15;2-1(3,4)8(5,6)7/h4-13,17-18H,1-3H3;(H,5,6,7). The van der Waals surface area contributed by atoms with Gasteiger partial charge in [-0.2, -0.15) is 21.6 Å². The van der Waals surface area contributed by atoms with E-state index in [4.69, 9.17) is 13.0 Å². The maximum Gasteiger partial charge on any atom is 0.522 e. The molecule has 2 rings (SSSR count). The lowest BCUT2D eigenvalue weighted by Gasteiger charge is -2.28. The fourth-order valence-electron chi connectivity index (χ4n) is 2.08. The topological polar surface area (TPSA) is 66.4 Å². The number of hydrogen-bond acceptors (Lipinski definition) is 3. The Labute approximate surface area is 153 Å². The molecular weight excluding hydrogens is 383 g/mol. The summed E-state index contributed by atoms with van der Waals surface area (Å²) < 4.78 is 57.5. The van der Waals surface area contributed by atoms with Gasteiger partial charge in [0.1, 0.15) is 0 Å². The average molecular weight is 406 g/mol. The maximum absolute atomic E-state index is 10.7. The summed E-state index contributed by atoms with van der Waals surface area (Å²) in [5, 5.41) is 2.89. The smallest absolute Gasteiger partial charge is 0.328 e. The Balaban J connectivity index is 0.000000359. The highest BCUT2D eigenvalue weighted by Crippen LogP contribution is 2.20. The molecule has 0 spiro atoms. The Morgan fingerprint density at radius 3 is 1.38 bits per heavy atom. The normalized spacial score (nSPS) is 12.5. The molecule has 2 N–H and O–H groups in total. The minimum Gasteiger partial charge on any atom is -0.328 e. The van der Waals surface area contributed by atoms with Gasteiger partial charge in [0.15, 0.2) is 8.96 Å². The van der Waals surface area contributed by atoms with Crippen molar-refractivity contribution in [3.63, 3.8) is 0 Å². The first-order valence-corrected chi connectivity index (χ1v) is 10.9. The number of alkyl halides is 3. The maximum atomic E-state index is 10.7. The molecule has 9 heteroatoms. The molecular formula is C17H22F3NO3SSi. The van der Waals surface area contributed by atoms with Gasteiger partial charge in [-0.25, -0.2) is 0 Å². The minimum atomic E-state index is -5.84. The van der Waals surface area contributed by atoms with E-state index in [0.29, 0.717) is 0 Å². The van der Waals surface area contributed by atoms with E-state index in [1.165, 1.54) is 10.4 Å². The van der Waals surface area contributed by atoms with Crippen LogP contribution in [0, 0.1) is 0 Å². The molecule has 26 heavy (non-hydrogen) atoms. The summed E-state index contributed by atoms with van der Waals surface area (Å²) in [4.78, 5) is 3.83. The molecule has 0 atom stereocenters. The molecule has 0 saturated heterocycles. The number of hydrogen-bond donors (Lipinski definition) is 2. The SMILES string of the molecule is CC(C)(C)N[SiH](c1ccccc1)c1ccccc1.O=S(=O)(O)C(F)(F)F. The molecule has 0 unspecified atom stereocenters. The van der Waals surface area contributed by atoms with Crippen LogP contribution in [-0.2, 0) is 10.1 Å². The zero-order valence-corrected chi connectivity index (χ0v) is 16.6. The molecule has 0 aliphatic heterocycles. The highest BCUT2D eigenvalue weighted by Gasteiger charge is 2.44. The van der Waals surface area contributed by atoms with Crippen LogP contribution in [0.3, 0.4) is 0 Å². The van der Waals surface area contributed by atoms with Crippen molar-refractivity contribution >= 4 is 29.4 Å². The van der Waals surface area contributed by atoms with E-state index in [-0.39, 0.29) is 5.54 Å². The molecule has 0 amide bonds. The van der Waals surface area contributed by atoms with E-state index in [1.54, 1.807) is 0 Å². The molecule has 2 aromatic carbocycles. The van der Waals surface area contributed by atoms with Gasteiger partial charge in [-0.3, -0.25) is 4.55 Å². The monoisotopic (exact) mass is 405 g/mol. The predicted octanol–water partition coefficient (Wildman–Crippen LogP) is 2.31. The molecule has 0 bridgehead atoms. The Kier molecular flexibility index (Phi) is 7.57. The number of benzene rings is 2. The summed E-state index contributed by atoms with van der Waals surface area (Å²) in [6, 6.07) is 21.6. The van der Waals surface area contributed by atoms with Crippen molar-refractivity contribution in [1.29, 1.82) is 0 Å². The van der Waals surface area contributed by atoms with Gasteiger partial charge in [0.05, 0.1) is 0 Å². The summed E-state index contributed by atoms with van der Waals surface area (Å²) in [7, 11) is -7.17. The molecule has 144 valence electrons.